The van der Waals surface area contributed by atoms with Crippen LogP contribution in [0.25, 0.3) is 39.0 Å². The summed E-state index contributed by atoms with van der Waals surface area (Å²) in [7, 11) is 0. The van der Waals surface area contributed by atoms with E-state index in [0.717, 1.165) is 0 Å². The van der Waals surface area contributed by atoms with Gasteiger partial charge in [0.05, 0.1) is 45.5 Å². The first kappa shape index (κ1) is 27.9. The number of allylic oxidation sites excluding steroid dienone is 1. The zero-order valence-electron chi connectivity index (χ0n) is 22.0. The van der Waals surface area contributed by atoms with Crippen molar-refractivity contribution in [2.24, 2.45) is 0 Å². The average Bonchev–Trinajstić information content (AvgIpc) is 3.36. The summed E-state index contributed by atoms with van der Waals surface area (Å²) in [6, 6.07) is 25.2. The lowest BCUT2D eigenvalue weighted by molar-refractivity contribution is 0.620. The summed E-state index contributed by atoms with van der Waals surface area (Å²) >= 11 is 0. The van der Waals surface area contributed by atoms with Crippen molar-refractivity contribution < 1.29 is 8.78 Å². The van der Waals surface area contributed by atoms with Gasteiger partial charge in [0.15, 0.2) is 11.6 Å². The lowest BCUT2D eigenvalue weighted by Gasteiger charge is -2.12. The Bertz CT molecular complexity index is 2160. The smallest absolute Gasteiger partial charge is 0.158 e. The summed E-state index contributed by atoms with van der Waals surface area (Å²) in [5.41, 5.74) is 0.416. The van der Waals surface area contributed by atoms with Crippen LogP contribution in [-0.2, 0) is 0 Å². The van der Waals surface area contributed by atoms with Gasteiger partial charge in [-0.1, -0.05) is 0 Å². The molecule has 0 saturated heterocycles. The van der Waals surface area contributed by atoms with Crippen molar-refractivity contribution in [1.82, 2.24) is 0 Å². The molecule has 0 saturated carbocycles. The Morgan fingerprint density at radius 1 is 0.386 bits per heavy atom. The maximum Gasteiger partial charge on any atom is 0.158 e. The molecule has 4 aromatic carbocycles. The Morgan fingerprint density at radius 2 is 0.705 bits per heavy atom. The predicted molar refractivity (Wildman–Crippen MR) is 148 cm³/mol. The standard InChI is InChI=1S/C34H8F2N8/c35-33-21(11-39)1-17(2-22(33)12-40)26-7-28-29-8-27(18-3-23(13-41)34(36)24(4-18)14-42)20(10-38)6-31(29)32(25(15-43)16-44)30(28)5-19(26)9-37/h1-8H. The van der Waals surface area contributed by atoms with E-state index in [2.05, 4.69) is 0 Å². The monoisotopic (exact) mass is 566 g/mol. The third-order valence-corrected chi connectivity index (χ3v) is 7.11. The molecule has 0 heterocycles. The number of nitriles is 8. The lowest BCUT2D eigenvalue weighted by atomic mass is 9.90. The van der Waals surface area contributed by atoms with Crippen molar-refractivity contribution in [3.63, 3.8) is 0 Å². The van der Waals surface area contributed by atoms with E-state index in [1.165, 1.54) is 48.5 Å². The van der Waals surface area contributed by atoms with Gasteiger partial charge in [0, 0.05) is 16.7 Å². The normalized spacial score (nSPS) is 10.3. The number of benzene rings is 4. The first-order valence-electron chi connectivity index (χ1n) is 12.3. The van der Waals surface area contributed by atoms with E-state index in [-0.39, 0.29) is 44.5 Å². The first-order valence-corrected chi connectivity index (χ1v) is 12.3. The quantitative estimate of drug-likeness (QED) is 0.220. The third kappa shape index (κ3) is 4.13. The highest BCUT2D eigenvalue weighted by molar-refractivity contribution is 6.07. The molecule has 10 heteroatoms. The van der Waals surface area contributed by atoms with E-state index < -0.39 is 33.9 Å². The molecule has 0 aromatic heterocycles. The summed E-state index contributed by atoms with van der Waals surface area (Å²) in [4.78, 5) is 0. The summed E-state index contributed by atoms with van der Waals surface area (Å²) in [5.74, 6) is -2.02. The minimum atomic E-state index is -1.01. The second-order valence-corrected chi connectivity index (χ2v) is 9.30. The van der Waals surface area contributed by atoms with Crippen molar-refractivity contribution in [1.29, 1.82) is 42.1 Å². The molecule has 4 aromatic rings. The number of hydrogen-bond donors (Lipinski definition) is 0. The Hall–Kier alpha value is -7.60. The number of nitrogens with zero attached hydrogens (tertiary/aromatic N) is 8. The molecule has 198 valence electrons. The van der Waals surface area contributed by atoms with E-state index >= 15 is 0 Å². The van der Waals surface area contributed by atoms with Crippen LogP contribution in [-0.4, -0.2) is 0 Å². The van der Waals surface area contributed by atoms with Crippen LogP contribution in [0.3, 0.4) is 0 Å². The van der Waals surface area contributed by atoms with Gasteiger partial charge in [0.1, 0.15) is 42.0 Å². The van der Waals surface area contributed by atoms with E-state index in [1.807, 2.05) is 24.3 Å². The van der Waals surface area contributed by atoms with Crippen LogP contribution in [0.4, 0.5) is 8.78 Å². The molecule has 0 amide bonds. The highest BCUT2D eigenvalue weighted by Gasteiger charge is 2.31. The van der Waals surface area contributed by atoms with Crippen LogP contribution >= 0.6 is 0 Å². The molecule has 0 spiro atoms. The number of fused-ring (bicyclic) bond motifs is 3. The predicted octanol–water partition coefficient (Wildman–Crippen LogP) is 6.36. The molecule has 0 N–H and O–H groups in total. The van der Waals surface area contributed by atoms with Crippen molar-refractivity contribution in [2.45, 2.75) is 0 Å². The van der Waals surface area contributed by atoms with E-state index in [4.69, 9.17) is 0 Å². The van der Waals surface area contributed by atoms with E-state index in [0.29, 0.717) is 22.3 Å². The number of rotatable bonds is 2. The average molecular weight is 566 g/mol. The summed E-state index contributed by atoms with van der Waals surface area (Å²) in [5, 5.41) is 77.4. The Morgan fingerprint density at radius 3 is 0.977 bits per heavy atom. The molecule has 0 fully saturated rings. The molecule has 1 aliphatic carbocycles. The van der Waals surface area contributed by atoms with Gasteiger partial charge in [-0.25, -0.2) is 8.78 Å². The number of hydrogen-bond acceptors (Lipinski definition) is 8. The zero-order valence-corrected chi connectivity index (χ0v) is 22.0. The van der Waals surface area contributed by atoms with Gasteiger partial charge in [0.25, 0.3) is 0 Å². The van der Waals surface area contributed by atoms with Gasteiger partial charge in [-0.15, -0.1) is 0 Å². The van der Waals surface area contributed by atoms with Crippen LogP contribution < -0.4 is 0 Å². The first-order chi connectivity index (χ1) is 21.3. The van der Waals surface area contributed by atoms with Crippen molar-refractivity contribution in [3.05, 3.63) is 110 Å². The topological polar surface area (TPSA) is 190 Å². The molecular formula is C34H8F2N8. The fourth-order valence-corrected chi connectivity index (χ4v) is 5.16. The zero-order chi connectivity index (χ0) is 31.7. The van der Waals surface area contributed by atoms with Crippen molar-refractivity contribution >= 4 is 5.57 Å². The molecule has 8 nitrogen and oxygen atoms in total. The highest BCUT2D eigenvalue weighted by Crippen LogP contribution is 2.50. The molecule has 0 bridgehead atoms. The summed E-state index contributed by atoms with van der Waals surface area (Å²) < 4.78 is 29.1. The highest BCUT2D eigenvalue weighted by atomic mass is 19.1. The fraction of sp³-hybridized carbons (Fsp3) is 0. The van der Waals surface area contributed by atoms with Crippen molar-refractivity contribution in [2.75, 3.05) is 0 Å². The molecule has 1 aliphatic rings. The summed E-state index contributed by atoms with van der Waals surface area (Å²) in [6.45, 7) is 0. The van der Waals surface area contributed by atoms with Gasteiger partial charge in [0.2, 0.25) is 0 Å². The van der Waals surface area contributed by atoms with E-state index in [9.17, 15) is 50.9 Å². The maximum atomic E-state index is 14.5. The minimum absolute atomic E-state index is 0.0280. The largest absolute Gasteiger partial charge is 0.204 e. The Labute approximate surface area is 248 Å². The molecule has 0 aliphatic heterocycles. The minimum Gasteiger partial charge on any atom is -0.204 e. The van der Waals surface area contributed by atoms with E-state index in [1.54, 1.807) is 24.3 Å². The maximum absolute atomic E-state index is 14.5. The Kier molecular flexibility index (Phi) is 6.83. The van der Waals surface area contributed by atoms with Crippen LogP contribution in [0.15, 0.2) is 54.1 Å². The molecular weight excluding hydrogens is 558 g/mol. The van der Waals surface area contributed by atoms with Gasteiger partial charge in [-0.2, -0.15) is 42.1 Å². The summed E-state index contributed by atoms with van der Waals surface area (Å²) in [6.07, 6.45) is 0. The molecule has 0 atom stereocenters. The van der Waals surface area contributed by atoms with Crippen LogP contribution in [0.2, 0.25) is 0 Å². The van der Waals surface area contributed by atoms with Gasteiger partial charge in [-0.3, -0.25) is 0 Å². The number of halogens is 2. The van der Waals surface area contributed by atoms with Crippen LogP contribution in [0.1, 0.15) is 44.5 Å². The van der Waals surface area contributed by atoms with Gasteiger partial charge < -0.3 is 0 Å². The second-order valence-electron chi connectivity index (χ2n) is 9.30. The third-order valence-electron chi connectivity index (χ3n) is 7.11. The van der Waals surface area contributed by atoms with Crippen molar-refractivity contribution in [3.8, 4) is 81.9 Å². The second kappa shape index (κ2) is 10.8. The molecule has 0 unspecified atom stereocenters. The molecule has 0 radical (unpaired) electrons. The van der Waals surface area contributed by atoms with Gasteiger partial charge in [-0.05, 0) is 81.9 Å². The Balaban J connectivity index is 1.91. The molecule has 5 rings (SSSR count). The lowest BCUT2D eigenvalue weighted by Crippen LogP contribution is -1.95. The fourth-order valence-electron chi connectivity index (χ4n) is 5.16. The van der Waals surface area contributed by atoms with Crippen LogP contribution in [0.5, 0.6) is 0 Å². The molecule has 44 heavy (non-hydrogen) atoms. The van der Waals surface area contributed by atoms with Gasteiger partial charge >= 0.3 is 0 Å². The SMILES string of the molecule is N#CC(C#N)=C1c2cc(C#N)c(-c3cc(C#N)c(F)c(C#N)c3)cc2-c2cc(-c3cc(C#N)c(F)c(C#N)c3)c(C#N)cc21. The van der Waals surface area contributed by atoms with Crippen LogP contribution in [0, 0.1) is 102 Å².